The average Bonchev–Trinajstić information content (AvgIpc) is 2.82. The van der Waals surface area contributed by atoms with Crippen LogP contribution in [0.15, 0.2) is 91.0 Å². The maximum atomic E-state index is 13.9. The molecule has 0 unspecified atom stereocenters. The van der Waals surface area contributed by atoms with Gasteiger partial charge in [-0.3, -0.25) is 0 Å². The van der Waals surface area contributed by atoms with Crippen LogP contribution < -0.4 is 0 Å². The first-order valence-electron chi connectivity index (χ1n) is 11.2. The monoisotopic (exact) mass is 495 g/mol. The molecule has 3 aromatic carbocycles. The number of nitrogens with zero attached hydrogens (tertiary/aromatic N) is 1. The minimum Gasteiger partial charge on any atom is -0.227 e. The van der Waals surface area contributed by atoms with Crippen LogP contribution in [0.5, 0.6) is 0 Å². The molecule has 7 heteroatoms. The fraction of sp³-hybridized carbons (Fsp3) is 0.296. The van der Waals surface area contributed by atoms with E-state index < -0.39 is 35.3 Å². The zero-order valence-corrected chi connectivity index (χ0v) is 20.6. The van der Waals surface area contributed by atoms with Gasteiger partial charge in [-0.15, -0.1) is 0 Å². The molecule has 0 amide bonds. The summed E-state index contributed by atoms with van der Waals surface area (Å²) >= 11 is 0. The predicted octanol–water partition coefficient (Wildman–Crippen LogP) is 5.24. The minimum absolute atomic E-state index is 0.0616. The summed E-state index contributed by atoms with van der Waals surface area (Å²) in [5.41, 5.74) is 2.07. The summed E-state index contributed by atoms with van der Waals surface area (Å²) in [6, 6.07) is 28.8. The smallest absolute Gasteiger partial charge is 0.174 e. The summed E-state index contributed by atoms with van der Waals surface area (Å²) in [6.45, 7) is 0. The van der Waals surface area contributed by atoms with Gasteiger partial charge in [-0.25, -0.2) is 16.8 Å². The first-order chi connectivity index (χ1) is 16.3. The molecule has 3 rings (SSSR count). The molecule has 178 valence electrons. The van der Waals surface area contributed by atoms with Crippen molar-refractivity contribution in [1.82, 2.24) is 0 Å². The Bertz CT molecular complexity index is 1230. The van der Waals surface area contributed by atoms with E-state index in [-0.39, 0.29) is 19.3 Å². The van der Waals surface area contributed by atoms with Crippen molar-refractivity contribution >= 4 is 19.7 Å². The highest BCUT2D eigenvalue weighted by Gasteiger charge is 2.53. The van der Waals surface area contributed by atoms with Crippen LogP contribution in [0.1, 0.15) is 42.4 Å². The van der Waals surface area contributed by atoms with Crippen molar-refractivity contribution in [2.75, 3.05) is 0 Å². The van der Waals surface area contributed by atoms with Crippen LogP contribution in [0, 0.1) is 11.3 Å². The second-order valence-electron chi connectivity index (χ2n) is 8.40. The predicted molar refractivity (Wildman–Crippen MR) is 135 cm³/mol. The largest absolute Gasteiger partial charge is 0.227 e. The lowest BCUT2D eigenvalue weighted by atomic mass is 10.0. The normalized spacial score (nSPS) is 12.2. The van der Waals surface area contributed by atoms with E-state index in [9.17, 15) is 22.1 Å². The number of benzene rings is 3. The van der Waals surface area contributed by atoms with Crippen molar-refractivity contribution in [3.05, 3.63) is 108 Å². The zero-order chi connectivity index (χ0) is 24.5. The number of nitriles is 1. The molecule has 0 saturated carbocycles. The molecular weight excluding hydrogens is 466 g/mol. The van der Waals surface area contributed by atoms with Crippen LogP contribution >= 0.6 is 0 Å². The van der Waals surface area contributed by atoms with E-state index in [1.54, 1.807) is 60.7 Å². The molecule has 0 atom stereocenters. The van der Waals surface area contributed by atoms with E-state index in [1.165, 1.54) is 0 Å². The summed E-state index contributed by atoms with van der Waals surface area (Å²) in [4.78, 5) is 0. The molecule has 0 aliphatic carbocycles. The summed E-state index contributed by atoms with van der Waals surface area (Å²) in [6.07, 6.45) is 0.457. The third-order valence-corrected chi connectivity index (χ3v) is 12.1. The Labute approximate surface area is 202 Å². The van der Waals surface area contributed by atoms with Crippen LogP contribution in [0.25, 0.3) is 0 Å². The van der Waals surface area contributed by atoms with Gasteiger partial charge in [0.2, 0.25) is 0 Å². The Morgan fingerprint density at radius 1 is 0.618 bits per heavy atom. The third-order valence-electron chi connectivity index (χ3n) is 6.02. The van der Waals surface area contributed by atoms with Gasteiger partial charge in [0.1, 0.15) is 0 Å². The molecule has 5 nitrogen and oxygen atoms in total. The van der Waals surface area contributed by atoms with Gasteiger partial charge in [0.05, 0.1) is 17.6 Å². The molecule has 3 aromatic rings. The highest BCUT2D eigenvalue weighted by Crippen LogP contribution is 2.39. The number of rotatable bonds is 12. The van der Waals surface area contributed by atoms with E-state index in [0.717, 1.165) is 5.56 Å². The van der Waals surface area contributed by atoms with E-state index in [4.69, 9.17) is 0 Å². The Morgan fingerprint density at radius 3 is 1.44 bits per heavy atom. The number of hydrogen-bond donors (Lipinski definition) is 0. The Balaban J connectivity index is 2.04. The molecule has 34 heavy (non-hydrogen) atoms. The van der Waals surface area contributed by atoms with Gasteiger partial charge in [0.25, 0.3) is 0 Å². The van der Waals surface area contributed by atoms with Crippen LogP contribution in [-0.2, 0) is 37.6 Å². The number of aryl methyl sites for hydroxylation is 1. The summed E-state index contributed by atoms with van der Waals surface area (Å²) in [7, 11) is -8.36. The SMILES string of the molecule is N#CCCC(CCCc1ccccc1)(S(=O)(=O)Cc1ccccc1)S(=O)(=O)Cc1ccccc1. The highest BCUT2D eigenvalue weighted by atomic mass is 32.3. The average molecular weight is 496 g/mol. The number of hydrogen-bond acceptors (Lipinski definition) is 5. The molecule has 0 spiro atoms. The van der Waals surface area contributed by atoms with Crippen LogP contribution in [0.3, 0.4) is 0 Å². The van der Waals surface area contributed by atoms with Gasteiger partial charge in [-0.1, -0.05) is 91.0 Å². The van der Waals surface area contributed by atoms with Crippen molar-refractivity contribution in [2.45, 2.75) is 47.7 Å². The van der Waals surface area contributed by atoms with Crippen molar-refractivity contribution in [1.29, 1.82) is 5.26 Å². The van der Waals surface area contributed by atoms with E-state index >= 15 is 0 Å². The quantitative estimate of drug-likeness (QED) is 0.343. The van der Waals surface area contributed by atoms with Crippen molar-refractivity contribution < 1.29 is 16.8 Å². The zero-order valence-electron chi connectivity index (χ0n) is 19.0. The van der Waals surface area contributed by atoms with Gasteiger partial charge < -0.3 is 0 Å². The van der Waals surface area contributed by atoms with Gasteiger partial charge in [0.15, 0.2) is 23.8 Å². The minimum atomic E-state index is -4.18. The number of sulfone groups is 2. The maximum absolute atomic E-state index is 13.9. The molecule has 0 bridgehead atoms. The van der Waals surface area contributed by atoms with Crippen molar-refractivity contribution in [3.8, 4) is 6.07 Å². The lowest BCUT2D eigenvalue weighted by Crippen LogP contribution is -2.47. The molecule has 0 aliphatic rings. The van der Waals surface area contributed by atoms with Crippen LogP contribution in [0.4, 0.5) is 0 Å². The molecule has 0 aromatic heterocycles. The molecule has 0 fully saturated rings. The van der Waals surface area contributed by atoms with E-state index in [2.05, 4.69) is 0 Å². The van der Waals surface area contributed by atoms with E-state index in [0.29, 0.717) is 24.0 Å². The summed E-state index contributed by atoms with van der Waals surface area (Å²) < 4.78 is 53.6. The lowest BCUT2D eigenvalue weighted by Gasteiger charge is -2.33. The maximum Gasteiger partial charge on any atom is 0.174 e. The van der Waals surface area contributed by atoms with Gasteiger partial charge in [0, 0.05) is 6.42 Å². The Kier molecular flexibility index (Phi) is 8.65. The standard InChI is InChI=1S/C27H29NO4S2/c28-21-11-20-27(19-10-18-24-12-4-1-5-13-24,33(29,30)22-25-14-6-2-7-15-25)34(31,32)23-26-16-8-3-9-17-26/h1-9,12-17H,10-11,18-20,22-23H2. The van der Waals surface area contributed by atoms with Crippen LogP contribution in [-0.4, -0.2) is 20.9 Å². The molecule has 0 N–H and O–H groups in total. The first-order valence-corrected chi connectivity index (χ1v) is 14.5. The summed E-state index contributed by atoms with van der Waals surface area (Å²) in [5, 5.41) is 9.30. The molecule has 0 heterocycles. The van der Waals surface area contributed by atoms with Gasteiger partial charge >= 0.3 is 0 Å². The molecular formula is C27H29NO4S2. The topological polar surface area (TPSA) is 92.1 Å². The van der Waals surface area contributed by atoms with Crippen molar-refractivity contribution in [3.63, 3.8) is 0 Å². The second-order valence-corrected chi connectivity index (χ2v) is 13.3. The fourth-order valence-electron chi connectivity index (χ4n) is 4.24. The van der Waals surface area contributed by atoms with Gasteiger partial charge in [-0.2, -0.15) is 5.26 Å². The van der Waals surface area contributed by atoms with Crippen molar-refractivity contribution in [2.24, 2.45) is 0 Å². The lowest BCUT2D eigenvalue weighted by molar-refractivity contribution is 0.499. The summed E-state index contributed by atoms with van der Waals surface area (Å²) in [5.74, 6) is -0.781. The third kappa shape index (κ3) is 6.13. The van der Waals surface area contributed by atoms with E-state index in [1.807, 2.05) is 36.4 Å². The molecule has 0 saturated heterocycles. The Morgan fingerprint density at radius 2 is 1.03 bits per heavy atom. The highest BCUT2D eigenvalue weighted by molar-refractivity contribution is 8.09. The Hall–Kier alpha value is -2.95. The van der Waals surface area contributed by atoms with Gasteiger partial charge in [-0.05, 0) is 42.4 Å². The second kappa shape index (κ2) is 11.5. The molecule has 0 radical (unpaired) electrons. The van der Waals surface area contributed by atoms with Crippen LogP contribution in [0.2, 0.25) is 0 Å². The molecule has 0 aliphatic heterocycles. The first kappa shape index (κ1) is 25.7. The fourth-order valence-corrected chi connectivity index (χ4v) is 9.67.